The SMILES string of the molecule is CCCCCCCCCCCc1ccc([S+](c2ccccc2)c2ccc(CCCCCCCCCCC)cc2)cc1.O=C([O-])O. The maximum Gasteiger partial charge on any atom is 0.249 e. The Hall–Kier alpha value is -2.72. The van der Waals surface area contributed by atoms with Crippen molar-refractivity contribution in [1.29, 1.82) is 0 Å². The van der Waals surface area contributed by atoms with Crippen molar-refractivity contribution < 1.29 is 15.0 Å². The van der Waals surface area contributed by atoms with E-state index in [2.05, 4.69) is 92.7 Å². The third-order valence-corrected chi connectivity index (χ3v) is 10.7. The summed E-state index contributed by atoms with van der Waals surface area (Å²) in [6.07, 6.45) is 25.4. The third-order valence-electron chi connectivity index (χ3n) is 8.44. The number of benzene rings is 3. The predicted octanol–water partition coefficient (Wildman–Crippen LogP) is 11.8. The van der Waals surface area contributed by atoms with Crippen LogP contribution in [0.5, 0.6) is 0 Å². The fourth-order valence-corrected chi connectivity index (χ4v) is 7.89. The molecular weight excluding hydrogens is 573 g/mol. The summed E-state index contributed by atoms with van der Waals surface area (Å²) >= 11 is 0. The maximum atomic E-state index is 8.44. The number of hydrogen-bond donors (Lipinski definition) is 1. The summed E-state index contributed by atoms with van der Waals surface area (Å²) in [5.74, 6) is 0. The molecule has 0 spiro atoms. The summed E-state index contributed by atoms with van der Waals surface area (Å²) in [4.78, 5) is 12.7. The van der Waals surface area contributed by atoms with E-state index in [4.69, 9.17) is 15.0 Å². The van der Waals surface area contributed by atoms with E-state index < -0.39 is 6.16 Å². The minimum Gasteiger partial charge on any atom is -0.565 e. The number of rotatable bonds is 23. The number of carboxylic acid groups (broad SMARTS) is 2. The molecule has 1 N–H and O–H groups in total. The van der Waals surface area contributed by atoms with Gasteiger partial charge in [-0.3, -0.25) is 0 Å². The highest BCUT2D eigenvalue weighted by Gasteiger charge is 2.28. The Balaban J connectivity index is 0.00000166. The van der Waals surface area contributed by atoms with Crippen LogP contribution in [0.1, 0.15) is 141 Å². The first kappa shape index (κ1) is 38.5. The van der Waals surface area contributed by atoms with Gasteiger partial charge in [-0.25, -0.2) is 0 Å². The molecule has 45 heavy (non-hydrogen) atoms. The molecule has 3 nitrogen and oxygen atoms in total. The zero-order chi connectivity index (χ0) is 32.4. The van der Waals surface area contributed by atoms with Crippen molar-refractivity contribution in [2.24, 2.45) is 0 Å². The largest absolute Gasteiger partial charge is 0.565 e. The fraction of sp³-hybridized carbons (Fsp3) is 0.537. The number of unbranched alkanes of at least 4 members (excludes halogenated alkanes) is 16. The molecule has 0 aliphatic rings. The Labute approximate surface area is 278 Å². The Morgan fingerprint density at radius 2 is 0.778 bits per heavy atom. The van der Waals surface area contributed by atoms with Gasteiger partial charge in [0.1, 0.15) is 0 Å². The van der Waals surface area contributed by atoms with Crippen molar-refractivity contribution in [1.82, 2.24) is 0 Å². The van der Waals surface area contributed by atoms with Gasteiger partial charge in [0.25, 0.3) is 0 Å². The van der Waals surface area contributed by atoms with E-state index in [0.29, 0.717) is 0 Å². The molecule has 4 heteroatoms. The van der Waals surface area contributed by atoms with Crippen LogP contribution in [0.2, 0.25) is 0 Å². The fourth-order valence-electron chi connectivity index (χ4n) is 5.83. The van der Waals surface area contributed by atoms with Gasteiger partial charge in [-0.05, 0) is 73.2 Å². The molecule has 0 aliphatic carbocycles. The van der Waals surface area contributed by atoms with Crippen LogP contribution in [0, 0.1) is 0 Å². The second-order valence-electron chi connectivity index (χ2n) is 12.3. The lowest BCUT2D eigenvalue weighted by Gasteiger charge is -2.10. The first-order valence-electron chi connectivity index (χ1n) is 17.9. The van der Waals surface area contributed by atoms with Gasteiger partial charge in [0.2, 0.25) is 6.16 Å². The van der Waals surface area contributed by atoms with Crippen LogP contribution in [-0.2, 0) is 23.7 Å². The van der Waals surface area contributed by atoms with E-state index in [1.165, 1.54) is 154 Å². The molecule has 0 bridgehead atoms. The first-order chi connectivity index (χ1) is 22.0. The lowest BCUT2D eigenvalue weighted by molar-refractivity contribution is -0.275. The Kier molecular flexibility index (Phi) is 21.8. The molecule has 0 fully saturated rings. The highest BCUT2D eigenvalue weighted by Crippen LogP contribution is 2.32. The number of carbonyl (C=O) groups is 1. The molecule has 3 aromatic carbocycles. The molecule has 0 aromatic heterocycles. The lowest BCUT2D eigenvalue weighted by Crippen LogP contribution is -2.17. The molecule has 0 saturated heterocycles. The monoisotopic (exact) mass is 632 g/mol. The molecule has 0 radical (unpaired) electrons. The minimum atomic E-state index is -2.08. The van der Waals surface area contributed by atoms with Gasteiger partial charge in [0.15, 0.2) is 14.7 Å². The molecule has 3 aromatic rings. The Bertz CT molecular complexity index is 1040. The average molecular weight is 633 g/mol. The van der Waals surface area contributed by atoms with E-state index in [-0.39, 0.29) is 10.9 Å². The van der Waals surface area contributed by atoms with Crippen molar-refractivity contribution >= 4 is 17.1 Å². The lowest BCUT2D eigenvalue weighted by atomic mass is 10.0. The summed E-state index contributed by atoms with van der Waals surface area (Å²) in [7, 11) is -0.0589. The third kappa shape index (κ3) is 18.1. The first-order valence-corrected chi connectivity index (χ1v) is 19.1. The van der Waals surface area contributed by atoms with Crippen molar-refractivity contribution in [2.75, 3.05) is 0 Å². The van der Waals surface area contributed by atoms with E-state index >= 15 is 0 Å². The Morgan fingerprint density at radius 1 is 0.489 bits per heavy atom. The molecule has 0 amide bonds. The van der Waals surface area contributed by atoms with E-state index in [0.717, 1.165) is 0 Å². The van der Waals surface area contributed by atoms with Crippen LogP contribution in [0.4, 0.5) is 4.79 Å². The molecule has 0 unspecified atom stereocenters. The molecular formula is C41H60O3S. The van der Waals surface area contributed by atoms with Gasteiger partial charge < -0.3 is 15.0 Å². The second-order valence-corrected chi connectivity index (χ2v) is 14.4. The van der Waals surface area contributed by atoms with E-state index in [1.54, 1.807) is 0 Å². The van der Waals surface area contributed by atoms with Gasteiger partial charge in [-0.1, -0.05) is 159 Å². The molecule has 248 valence electrons. The quantitative estimate of drug-likeness (QED) is 0.0835. The van der Waals surface area contributed by atoms with Crippen LogP contribution >= 0.6 is 0 Å². The van der Waals surface area contributed by atoms with Crippen molar-refractivity contribution in [2.45, 2.75) is 157 Å². The molecule has 0 heterocycles. The highest BCUT2D eigenvalue weighted by atomic mass is 32.2. The molecule has 3 rings (SSSR count). The minimum absolute atomic E-state index is 0.0589. The van der Waals surface area contributed by atoms with Gasteiger partial charge in [-0.15, -0.1) is 0 Å². The van der Waals surface area contributed by atoms with Crippen LogP contribution in [-0.4, -0.2) is 11.3 Å². The molecule has 0 atom stereocenters. The highest BCUT2D eigenvalue weighted by molar-refractivity contribution is 7.97. The van der Waals surface area contributed by atoms with E-state index in [9.17, 15) is 0 Å². The summed E-state index contributed by atoms with van der Waals surface area (Å²) in [6.45, 7) is 4.59. The summed E-state index contributed by atoms with van der Waals surface area (Å²) in [6, 6.07) is 30.3. The predicted molar refractivity (Wildman–Crippen MR) is 191 cm³/mol. The van der Waals surface area contributed by atoms with Gasteiger partial charge in [0.05, 0.1) is 10.9 Å². The van der Waals surface area contributed by atoms with Crippen LogP contribution in [0.25, 0.3) is 0 Å². The van der Waals surface area contributed by atoms with E-state index in [1.807, 2.05) is 0 Å². The van der Waals surface area contributed by atoms with Crippen LogP contribution in [0.3, 0.4) is 0 Å². The Morgan fingerprint density at radius 3 is 1.11 bits per heavy atom. The van der Waals surface area contributed by atoms with Crippen molar-refractivity contribution in [3.05, 3.63) is 90.0 Å². The van der Waals surface area contributed by atoms with Gasteiger partial charge in [0, 0.05) is 0 Å². The zero-order valence-corrected chi connectivity index (χ0v) is 29.1. The summed E-state index contributed by atoms with van der Waals surface area (Å²) in [5.41, 5.74) is 2.98. The molecule has 0 saturated carbocycles. The summed E-state index contributed by atoms with van der Waals surface area (Å²) in [5, 5.41) is 15.3. The van der Waals surface area contributed by atoms with Crippen molar-refractivity contribution in [3.8, 4) is 0 Å². The van der Waals surface area contributed by atoms with Crippen molar-refractivity contribution in [3.63, 3.8) is 0 Å². The number of aryl methyl sites for hydroxylation is 2. The molecule has 0 aliphatic heterocycles. The summed E-state index contributed by atoms with van der Waals surface area (Å²) < 4.78 is 0. The van der Waals surface area contributed by atoms with Crippen LogP contribution < -0.4 is 5.11 Å². The second kappa shape index (κ2) is 25.5. The van der Waals surface area contributed by atoms with Gasteiger partial charge >= 0.3 is 0 Å². The standard InChI is InChI=1S/C40H59S.CH2O3/c1-3-5-7-9-11-13-15-17-20-24-36-28-32-39(33-29-36)41(38-26-22-19-23-27-38)40-34-30-37(31-35-40)25-21-18-16-14-12-10-8-6-4-2;2-1(3)4/h19,22-23,26-35H,3-18,20-21,24-25H2,1-2H3;(H2,2,3,4)/q+1;/p-1. The van der Waals surface area contributed by atoms with Gasteiger partial charge in [-0.2, -0.15) is 0 Å². The number of hydrogen-bond acceptors (Lipinski definition) is 2. The maximum absolute atomic E-state index is 8.44. The smallest absolute Gasteiger partial charge is 0.249 e. The van der Waals surface area contributed by atoms with Crippen LogP contribution in [0.15, 0.2) is 93.5 Å². The average Bonchev–Trinajstić information content (AvgIpc) is 3.05. The zero-order valence-electron chi connectivity index (χ0n) is 28.3. The normalized spacial score (nSPS) is 10.9. The topological polar surface area (TPSA) is 60.4 Å².